The number of benzene rings is 2. The van der Waals surface area contributed by atoms with Crippen LogP contribution in [-0.4, -0.2) is 39.8 Å². The first kappa shape index (κ1) is 21.8. The van der Waals surface area contributed by atoms with Crippen molar-refractivity contribution in [2.75, 3.05) is 18.4 Å². The smallest absolute Gasteiger partial charge is 0.253 e. The lowest BCUT2D eigenvalue weighted by Crippen LogP contribution is -2.41. The highest BCUT2D eigenvalue weighted by molar-refractivity contribution is 5.95. The molecule has 32 heavy (non-hydrogen) atoms. The number of hydrogen-bond donors (Lipinski definition) is 2. The Labute approximate surface area is 189 Å². The summed E-state index contributed by atoms with van der Waals surface area (Å²) in [6, 6.07) is 15.6. The molecule has 2 amide bonds. The van der Waals surface area contributed by atoms with Crippen LogP contribution in [0.1, 0.15) is 49.5 Å². The summed E-state index contributed by atoms with van der Waals surface area (Å²) in [4.78, 5) is 34.7. The molecule has 1 aliphatic heterocycles. The summed E-state index contributed by atoms with van der Waals surface area (Å²) in [7, 11) is 0. The largest absolute Gasteiger partial charge is 0.345 e. The molecule has 6 nitrogen and oxygen atoms in total. The monoisotopic (exact) mass is 430 g/mol. The van der Waals surface area contributed by atoms with Crippen LogP contribution in [0.4, 0.5) is 5.69 Å². The van der Waals surface area contributed by atoms with Gasteiger partial charge >= 0.3 is 0 Å². The fourth-order valence-corrected chi connectivity index (χ4v) is 4.06. The predicted octanol–water partition coefficient (Wildman–Crippen LogP) is 4.87. The van der Waals surface area contributed by atoms with Crippen LogP contribution < -0.4 is 5.32 Å². The number of imidazole rings is 1. The standard InChI is InChI=1S/C26H30N4O2/c1-26(2,3)21-9-7-19(8-10-21)25(32)30-13-11-18(12-14-30)24(31)29-22-6-4-5-20(15-22)23-16-27-17-28-23/h4-10,15-18H,11-14H2,1-3H3,(H,27,28)(H,29,31). The van der Waals surface area contributed by atoms with E-state index >= 15 is 0 Å². The number of amides is 2. The summed E-state index contributed by atoms with van der Waals surface area (Å²) in [5, 5.41) is 3.03. The quantitative estimate of drug-likeness (QED) is 0.620. The van der Waals surface area contributed by atoms with E-state index in [1.165, 1.54) is 5.56 Å². The Hall–Kier alpha value is -3.41. The third-order valence-electron chi connectivity index (χ3n) is 6.09. The molecule has 2 heterocycles. The molecule has 0 spiro atoms. The highest BCUT2D eigenvalue weighted by Crippen LogP contribution is 2.25. The van der Waals surface area contributed by atoms with Crippen molar-refractivity contribution < 1.29 is 9.59 Å². The number of piperidine rings is 1. The van der Waals surface area contributed by atoms with Crippen molar-refractivity contribution in [2.24, 2.45) is 5.92 Å². The minimum Gasteiger partial charge on any atom is -0.345 e. The number of carbonyl (C=O) groups is 2. The van der Waals surface area contributed by atoms with Gasteiger partial charge in [0.15, 0.2) is 0 Å². The molecular formula is C26H30N4O2. The zero-order valence-corrected chi connectivity index (χ0v) is 18.9. The number of hydrogen-bond acceptors (Lipinski definition) is 3. The van der Waals surface area contributed by atoms with Gasteiger partial charge in [-0.1, -0.05) is 45.0 Å². The molecule has 1 fully saturated rings. The Morgan fingerprint density at radius 1 is 1.06 bits per heavy atom. The number of nitrogens with one attached hydrogen (secondary N) is 2. The van der Waals surface area contributed by atoms with Gasteiger partial charge in [0, 0.05) is 35.8 Å². The minimum absolute atomic E-state index is 0.00777. The lowest BCUT2D eigenvalue weighted by atomic mass is 9.86. The summed E-state index contributed by atoms with van der Waals surface area (Å²) in [6.07, 6.45) is 4.72. The van der Waals surface area contributed by atoms with Gasteiger partial charge in [-0.2, -0.15) is 0 Å². The summed E-state index contributed by atoms with van der Waals surface area (Å²) in [5.74, 6) is -0.0527. The molecule has 6 heteroatoms. The fourth-order valence-electron chi connectivity index (χ4n) is 4.06. The van der Waals surface area contributed by atoms with E-state index in [-0.39, 0.29) is 23.1 Å². The zero-order valence-electron chi connectivity index (χ0n) is 18.9. The van der Waals surface area contributed by atoms with Gasteiger partial charge in [-0.25, -0.2) is 4.98 Å². The van der Waals surface area contributed by atoms with Crippen LogP contribution in [0.2, 0.25) is 0 Å². The predicted molar refractivity (Wildman–Crippen MR) is 126 cm³/mol. The third kappa shape index (κ3) is 4.90. The van der Waals surface area contributed by atoms with E-state index in [2.05, 4.69) is 36.1 Å². The zero-order chi connectivity index (χ0) is 22.7. The van der Waals surface area contributed by atoms with Gasteiger partial charge in [-0.3, -0.25) is 9.59 Å². The topological polar surface area (TPSA) is 78.1 Å². The van der Waals surface area contributed by atoms with Crippen LogP contribution in [0, 0.1) is 5.92 Å². The van der Waals surface area contributed by atoms with E-state index in [0.717, 1.165) is 16.9 Å². The van der Waals surface area contributed by atoms with Crippen molar-refractivity contribution in [1.29, 1.82) is 0 Å². The Morgan fingerprint density at radius 3 is 2.41 bits per heavy atom. The lowest BCUT2D eigenvalue weighted by Gasteiger charge is -2.31. The maximum atomic E-state index is 12.9. The average molecular weight is 431 g/mol. The van der Waals surface area contributed by atoms with E-state index in [4.69, 9.17) is 0 Å². The number of nitrogens with zero attached hydrogens (tertiary/aromatic N) is 2. The number of H-pyrrole nitrogens is 1. The summed E-state index contributed by atoms with van der Waals surface area (Å²) in [6.45, 7) is 7.66. The number of aromatic nitrogens is 2. The Balaban J connectivity index is 1.33. The normalized spacial score (nSPS) is 14.9. The first-order chi connectivity index (χ1) is 15.3. The van der Waals surface area contributed by atoms with E-state index in [1.54, 1.807) is 12.5 Å². The van der Waals surface area contributed by atoms with Crippen LogP contribution in [-0.2, 0) is 10.2 Å². The van der Waals surface area contributed by atoms with E-state index in [0.29, 0.717) is 31.5 Å². The molecule has 0 saturated carbocycles. The van der Waals surface area contributed by atoms with Crippen LogP contribution in [0.15, 0.2) is 61.1 Å². The molecule has 3 aromatic rings. The fraction of sp³-hybridized carbons (Fsp3) is 0.346. The Bertz CT molecular complexity index is 1070. The first-order valence-corrected chi connectivity index (χ1v) is 11.1. The van der Waals surface area contributed by atoms with Crippen molar-refractivity contribution in [1.82, 2.24) is 14.9 Å². The van der Waals surface area contributed by atoms with Crippen LogP contribution in [0.5, 0.6) is 0 Å². The molecule has 166 valence electrons. The van der Waals surface area contributed by atoms with Gasteiger partial charge in [0.2, 0.25) is 5.91 Å². The molecule has 1 aliphatic rings. The molecule has 4 rings (SSSR count). The second-order valence-corrected chi connectivity index (χ2v) is 9.43. The van der Waals surface area contributed by atoms with Crippen molar-refractivity contribution in [3.05, 3.63) is 72.2 Å². The molecule has 0 atom stereocenters. The van der Waals surface area contributed by atoms with Gasteiger partial charge < -0.3 is 15.2 Å². The Morgan fingerprint density at radius 2 is 1.78 bits per heavy atom. The lowest BCUT2D eigenvalue weighted by molar-refractivity contribution is -0.121. The van der Waals surface area contributed by atoms with Crippen LogP contribution in [0.3, 0.4) is 0 Å². The molecule has 2 aromatic carbocycles. The first-order valence-electron chi connectivity index (χ1n) is 11.1. The highest BCUT2D eigenvalue weighted by Gasteiger charge is 2.28. The van der Waals surface area contributed by atoms with Crippen molar-refractivity contribution in [2.45, 2.75) is 39.0 Å². The van der Waals surface area contributed by atoms with E-state index < -0.39 is 0 Å². The SMILES string of the molecule is CC(C)(C)c1ccc(C(=O)N2CCC(C(=O)Nc3cccc(-c4cnc[nH]4)c3)CC2)cc1. The van der Waals surface area contributed by atoms with Crippen LogP contribution >= 0.6 is 0 Å². The number of anilines is 1. The number of aromatic amines is 1. The van der Waals surface area contributed by atoms with Crippen molar-refractivity contribution >= 4 is 17.5 Å². The Kier molecular flexibility index (Phi) is 6.12. The molecule has 1 saturated heterocycles. The van der Waals surface area contributed by atoms with Gasteiger partial charge in [0.05, 0.1) is 18.2 Å². The summed E-state index contributed by atoms with van der Waals surface area (Å²) in [5.41, 5.74) is 4.62. The number of carbonyl (C=O) groups excluding carboxylic acids is 2. The van der Waals surface area contributed by atoms with Gasteiger partial charge in [-0.05, 0) is 48.1 Å². The molecule has 0 unspecified atom stereocenters. The highest BCUT2D eigenvalue weighted by atomic mass is 16.2. The molecule has 1 aromatic heterocycles. The average Bonchev–Trinajstić information content (AvgIpc) is 3.33. The summed E-state index contributed by atoms with van der Waals surface area (Å²) >= 11 is 0. The van der Waals surface area contributed by atoms with Crippen molar-refractivity contribution in [3.63, 3.8) is 0 Å². The number of likely N-dealkylation sites (tertiary alicyclic amines) is 1. The van der Waals surface area contributed by atoms with Gasteiger partial charge in [0.25, 0.3) is 5.91 Å². The van der Waals surface area contributed by atoms with Gasteiger partial charge in [0.1, 0.15) is 0 Å². The second-order valence-electron chi connectivity index (χ2n) is 9.43. The third-order valence-corrected chi connectivity index (χ3v) is 6.09. The van der Waals surface area contributed by atoms with E-state index in [1.807, 2.05) is 53.4 Å². The molecule has 2 N–H and O–H groups in total. The van der Waals surface area contributed by atoms with Crippen LogP contribution in [0.25, 0.3) is 11.3 Å². The number of rotatable bonds is 4. The molecule has 0 radical (unpaired) electrons. The summed E-state index contributed by atoms with van der Waals surface area (Å²) < 4.78 is 0. The molecule has 0 bridgehead atoms. The van der Waals surface area contributed by atoms with E-state index in [9.17, 15) is 9.59 Å². The maximum absolute atomic E-state index is 12.9. The molecule has 0 aliphatic carbocycles. The molecular weight excluding hydrogens is 400 g/mol. The van der Waals surface area contributed by atoms with Gasteiger partial charge in [-0.15, -0.1) is 0 Å². The maximum Gasteiger partial charge on any atom is 0.253 e. The minimum atomic E-state index is -0.0990. The van der Waals surface area contributed by atoms with Crippen molar-refractivity contribution in [3.8, 4) is 11.3 Å². The second kappa shape index (κ2) is 8.99.